The number of aromatic nitrogens is 2. The normalized spacial score (nSPS) is 14.2. The average Bonchev–Trinajstić information content (AvgIpc) is 2.89. The lowest BCUT2D eigenvalue weighted by atomic mass is 10.1. The number of hydrogen-bond acceptors (Lipinski definition) is 5. The molecule has 2 aromatic rings. The zero-order chi connectivity index (χ0) is 14.8. The topological polar surface area (TPSA) is 74.2 Å². The van der Waals surface area contributed by atoms with E-state index in [0.717, 1.165) is 4.47 Å². The van der Waals surface area contributed by atoms with Gasteiger partial charge in [-0.2, -0.15) is 4.98 Å². The minimum atomic E-state index is -0.809. The summed E-state index contributed by atoms with van der Waals surface area (Å²) >= 11 is 9.51. The van der Waals surface area contributed by atoms with E-state index in [2.05, 4.69) is 26.1 Å². The van der Waals surface area contributed by atoms with Crippen LogP contribution >= 0.6 is 27.5 Å². The van der Waals surface area contributed by atoms with Crippen LogP contribution in [0.25, 0.3) is 11.5 Å². The van der Waals surface area contributed by atoms with Crippen LogP contribution in [0.1, 0.15) is 19.7 Å². The maximum Gasteiger partial charge on any atom is 0.259 e. The Balaban J connectivity index is 2.31. The molecule has 0 bridgehead atoms. The molecule has 108 valence electrons. The first-order valence-electron chi connectivity index (χ1n) is 6.10. The van der Waals surface area contributed by atoms with E-state index in [1.54, 1.807) is 13.0 Å². The maximum atomic E-state index is 6.13. The van der Waals surface area contributed by atoms with Gasteiger partial charge >= 0.3 is 0 Å². The summed E-state index contributed by atoms with van der Waals surface area (Å²) in [7, 11) is 0. The van der Waals surface area contributed by atoms with Crippen molar-refractivity contribution >= 4 is 27.5 Å². The highest BCUT2D eigenvalue weighted by Gasteiger charge is 2.28. The zero-order valence-corrected chi connectivity index (χ0v) is 13.5. The summed E-state index contributed by atoms with van der Waals surface area (Å²) in [4.78, 5) is 4.32. The number of halogens is 2. The molecule has 1 aromatic carbocycles. The van der Waals surface area contributed by atoms with Crippen molar-refractivity contribution in [3.63, 3.8) is 0 Å². The summed E-state index contributed by atoms with van der Waals surface area (Å²) in [5.74, 6) is 0.719. The number of hydrogen-bond donors (Lipinski definition) is 1. The summed E-state index contributed by atoms with van der Waals surface area (Å²) in [5.41, 5.74) is 5.98. The summed E-state index contributed by atoms with van der Waals surface area (Å²) in [6, 6.07) is 5.41. The van der Waals surface area contributed by atoms with Crippen LogP contribution in [0.5, 0.6) is 0 Å². The molecule has 20 heavy (non-hydrogen) atoms. The first-order valence-corrected chi connectivity index (χ1v) is 7.27. The third-order valence-electron chi connectivity index (χ3n) is 2.70. The lowest BCUT2D eigenvalue weighted by molar-refractivity contribution is 0.0962. The first-order chi connectivity index (χ1) is 9.44. The predicted molar refractivity (Wildman–Crippen MR) is 80.5 cm³/mol. The minimum absolute atomic E-state index is 0.314. The van der Waals surface area contributed by atoms with E-state index in [1.165, 1.54) is 0 Å². The van der Waals surface area contributed by atoms with Crippen LogP contribution in [-0.2, 0) is 10.3 Å². The van der Waals surface area contributed by atoms with Crippen LogP contribution in [0.3, 0.4) is 0 Å². The molecule has 2 N–H and O–H groups in total. The molecular weight excluding hydrogens is 346 g/mol. The van der Waals surface area contributed by atoms with E-state index in [9.17, 15) is 0 Å². The summed E-state index contributed by atoms with van der Waals surface area (Å²) < 4.78 is 11.5. The molecule has 0 radical (unpaired) electrons. The summed E-state index contributed by atoms with van der Waals surface area (Å²) in [5, 5.41) is 4.46. The number of ether oxygens (including phenoxy) is 1. The van der Waals surface area contributed by atoms with Crippen molar-refractivity contribution in [3.05, 3.63) is 33.5 Å². The molecule has 1 unspecified atom stereocenters. The van der Waals surface area contributed by atoms with Crippen molar-refractivity contribution < 1.29 is 9.26 Å². The molecule has 1 aromatic heterocycles. The fourth-order valence-electron chi connectivity index (χ4n) is 1.60. The highest BCUT2D eigenvalue weighted by Crippen LogP contribution is 2.30. The molecule has 0 fully saturated rings. The van der Waals surface area contributed by atoms with Gasteiger partial charge < -0.3 is 15.0 Å². The van der Waals surface area contributed by atoms with Gasteiger partial charge in [0.1, 0.15) is 5.54 Å². The maximum absolute atomic E-state index is 6.13. The third-order valence-corrected chi connectivity index (χ3v) is 3.52. The molecule has 0 saturated carbocycles. The van der Waals surface area contributed by atoms with Gasteiger partial charge in [0.15, 0.2) is 5.82 Å². The number of nitrogens with two attached hydrogens (primary N) is 1. The predicted octanol–water partition coefficient (Wildman–Crippen LogP) is 3.36. The highest BCUT2D eigenvalue weighted by molar-refractivity contribution is 9.10. The van der Waals surface area contributed by atoms with Crippen molar-refractivity contribution in [2.45, 2.75) is 19.4 Å². The second-order valence-electron chi connectivity index (χ2n) is 4.60. The van der Waals surface area contributed by atoms with E-state index < -0.39 is 5.54 Å². The molecule has 7 heteroatoms. The van der Waals surface area contributed by atoms with Crippen LogP contribution < -0.4 is 5.73 Å². The van der Waals surface area contributed by atoms with E-state index in [1.807, 2.05) is 19.1 Å². The van der Waals surface area contributed by atoms with Crippen LogP contribution in [0.2, 0.25) is 5.02 Å². The number of rotatable bonds is 5. The Hall–Kier alpha value is -0.950. The van der Waals surface area contributed by atoms with Gasteiger partial charge in [-0.25, -0.2) is 0 Å². The van der Waals surface area contributed by atoms with Gasteiger partial charge in [0.05, 0.1) is 17.2 Å². The van der Waals surface area contributed by atoms with Gasteiger partial charge in [0.2, 0.25) is 0 Å². The molecule has 5 nitrogen and oxygen atoms in total. The SMILES string of the molecule is CCOCC(C)(N)c1noc(-c2cc(Br)ccc2Cl)n1. The quantitative estimate of drug-likeness (QED) is 0.885. The van der Waals surface area contributed by atoms with Crippen LogP contribution in [0, 0.1) is 0 Å². The Kier molecular flexibility index (Phi) is 4.80. The molecule has 0 amide bonds. The van der Waals surface area contributed by atoms with Crippen molar-refractivity contribution in [2.24, 2.45) is 5.73 Å². The molecule has 0 saturated heterocycles. The molecule has 1 atom stereocenters. The molecular formula is C13H15BrClN3O2. The van der Waals surface area contributed by atoms with Crippen molar-refractivity contribution in [1.82, 2.24) is 10.1 Å². The van der Waals surface area contributed by atoms with Crippen LogP contribution in [0.4, 0.5) is 0 Å². The Bertz CT molecular complexity index is 601. The lowest BCUT2D eigenvalue weighted by Gasteiger charge is -2.19. The van der Waals surface area contributed by atoms with Crippen LogP contribution in [-0.4, -0.2) is 23.4 Å². The number of benzene rings is 1. The molecule has 2 rings (SSSR count). The number of nitrogens with zero attached hydrogens (tertiary/aromatic N) is 2. The van der Waals surface area contributed by atoms with Gasteiger partial charge in [-0.05, 0) is 32.0 Å². The van der Waals surface area contributed by atoms with E-state index in [4.69, 9.17) is 26.6 Å². The fraction of sp³-hybridized carbons (Fsp3) is 0.385. The van der Waals surface area contributed by atoms with Gasteiger partial charge in [-0.1, -0.05) is 32.7 Å². The third kappa shape index (κ3) is 3.38. The standard InChI is InChI=1S/C13H15BrClN3O2/c1-3-19-7-13(2,16)12-17-11(20-18-12)9-6-8(14)4-5-10(9)15/h4-6H,3,7,16H2,1-2H3. The minimum Gasteiger partial charge on any atom is -0.379 e. The summed E-state index contributed by atoms with van der Waals surface area (Å²) in [6.07, 6.45) is 0. The van der Waals surface area contributed by atoms with Gasteiger partial charge in [0, 0.05) is 11.1 Å². The average molecular weight is 361 g/mol. The second-order valence-corrected chi connectivity index (χ2v) is 5.92. The van der Waals surface area contributed by atoms with E-state index >= 15 is 0 Å². The zero-order valence-electron chi connectivity index (χ0n) is 11.2. The van der Waals surface area contributed by atoms with Gasteiger partial charge in [-0.3, -0.25) is 0 Å². The fourth-order valence-corrected chi connectivity index (χ4v) is 2.16. The smallest absolute Gasteiger partial charge is 0.259 e. The Morgan fingerprint density at radius 2 is 2.25 bits per heavy atom. The molecule has 1 heterocycles. The van der Waals surface area contributed by atoms with Gasteiger partial charge in [-0.15, -0.1) is 0 Å². The van der Waals surface area contributed by atoms with Crippen LogP contribution in [0.15, 0.2) is 27.2 Å². The lowest BCUT2D eigenvalue weighted by Crippen LogP contribution is -2.39. The monoisotopic (exact) mass is 359 g/mol. The highest BCUT2D eigenvalue weighted by atomic mass is 79.9. The molecule has 0 aliphatic heterocycles. The molecule has 0 aliphatic carbocycles. The Labute approximate surface area is 130 Å². The molecule has 0 aliphatic rings. The van der Waals surface area contributed by atoms with Crippen molar-refractivity contribution in [1.29, 1.82) is 0 Å². The van der Waals surface area contributed by atoms with E-state index in [-0.39, 0.29) is 0 Å². The van der Waals surface area contributed by atoms with E-state index in [0.29, 0.717) is 35.5 Å². The van der Waals surface area contributed by atoms with Crippen molar-refractivity contribution in [3.8, 4) is 11.5 Å². The molecule has 0 spiro atoms. The second kappa shape index (κ2) is 6.22. The van der Waals surface area contributed by atoms with Crippen molar-refractivity contribution in [2.75, 3.05) is 13.2 Å². The largest absolute Gasteiger partial charge is 0.379 e. The first kappa shape index (κ1) is 15.4. The summed E-state index contributed by atoms with van der Waals surface area (Å²) in [6.45, 7) is 4.59. The Morgan fingerprint density at radius 3 is 2.95 bits per heavy atom. The Morgan fingerprint density at radius 1 is 1.50 bits per heavy atom. The van der Waals surface area contributed by atoms with Gasteiger partial charge in [0.25, 0.3) is 5.89 Å².